The van der Waals surface area contributed by atoms with E-state index in [-0.39, 0.29) is 0 Å². The third-order valence-electron chi connectivity index (χ3n) is 3.88. The van der Waals surface area contributed by atoms with Gasteiger partial charge in [0.15, 0.2) is 0 Å². The lowest BCUT2D eigenvalue weighted by Gasteiger charge is -2.20. The van der Waals surface area contributed by atoms with E-state index in [1.54, 1.807) is 0 Å². The molecule has 2 aromatic rings. The Morgan fingerprint density at radius 3 is 2.55 bits per heavy atom. The van der Waals surface area contributed by atoms with Crippen LogP contribution in [-0.4, -0.2) is 23.3 Å². The van der Waals surface area contributed by atoms with E-state index in [1.165, 1.54) is 5.56 Å². The van der Waals surface area contributed by atoms with Gasteiger partial charge in [-0.3, -0.25) is 4.79 Å². The van der Waals surface area contributed by atoms with Crippen molar-refractivity contribution in [1.29, 1.82) is 0 Å². The summed E-state index contributed by atoms with van der Waals surface area (Å²) in [4.78, 5) is 18.6. The van der Waals surface area contributed by atoms with Gasteiger partial charge in [0.25, 0.3) is 5.24 Å². The molecule has 3 nitrogen and oxygen atoms in total. The van der Waals surface area contributed by atoms with Crippen LogP contribution in [0.25, 0.3) is 10.9 Å². The van der Waals surface area contributed by atoms with Crippen molar-refractivity contribution < 1.29 is 4.79 Å². The average molecular weight is 289 g/mol. The highest BCUT2D eigenvalue weighted by atomic mass is 35.5. The number of carbonyl (C=O) groups excluding carboxylic acids is 1. The zero-order valence-electron chi connectivity index (χ0n) is 11.7. The smallest absolute Gasteiger partial charge is 0.256 e. The van der Waals surface area contributed by atoms with Gasteiger partial charge in [0.1, 0.15) is 5.82 Å². The highest BCUT2D eigenvalue weighted by Crippen LogP contribution is 2.29. The molecule has 20 heavy (non-hydrogen) atoms. The number of pyridine rings is 1. The number of anilines is 1. The Balaban J connectivity index is 2.26. The predicted octanol–water partition coefficient (Wildman–Crippen LogP) is 3.83. The molecule has 0 aliphatic carbocycles. The molecule has 0 radical (unpaired) electrons. The van der Waals surface area contributed by atoms with Crippen LogP contribution in [0, 0.1) is 13.8 Å². The van der Waals surface area contributed by atoms with Crippen LogP contribution in [0.2, 0.25) is 0 Å². The lowest BCUT2D eigenvalue weighted by atomic mass is 10.0. The van der Waals surface area contributed by atoms with E-state index in [4.69, 9.17) is 16.6 Å². The highest BCUT2D eigenvalue weighted by Gasteiger charge is 2.21. The second kappa shape index (κ2) is 5.06. The van der Waals surface area contributed by atoms with Crippen molar-refractivity contribution in [2.24, 2.45) is 0 Å². The number of hydrogen-bond acceptors (Lipinski definition) is 3. The van der Waals surface area contributed by atoms with E-state index in [9.17, 15) is 4.79 Å². The lowest BCUT2D eigenvalue weighted by molar-refractivity contribution is 0.108. The first-order valence-electron chi connectivity index (χ1n) is 6.93. The normalized spacial score (nSPS) is 15.1. The monoisotopic (exact) mass is 288 g/mol. The maximum absolute atomic E-state index is 11.7. The Morgan fingerprint density at radius 2 is 1.90 bits per heavy atom. The molecule has 0 spiro atoms. The highest BCUT2D eigenvalue weighted by molar-refractivity contribution is 6.68. The topological polar surface area (TPSA) is 33.2 Å². The molecule has 0 atom stereocenters. The summed E-state index contributed by atoms with van der Waals surface area (Å²) < 4.78 is 0. The minimum atomic E-state index is -0.429. The lowest BCUT2D eigenvalue weighted by Crippen LogP contribution is -2.21. The number of benzene rings is 1. The number of fused-ring (bicyclic) bond motifs is 1. The minimum absolute atomic E-state index is 0.429. The van der Waals surface area contributed by atoms with Gasteiger partial charge in [-0.05, 0) is 61.5 Å². The molecular weight excluding hydrogens is 272 g/mol. The molecule has 0 amide bonds. The molecule has 1 aromatic heterocycles. The van der Waals surface area contributed by atoms with Crippen molar-refractivity contribution >= 4 is 33.6 Å². The first-order valence-corrected chi connectivity index (χ1v) is 7.31. The molecule has 2 heterocycles. The molecule has 0 bridgehead atoms. The van der Waals surface area contributed by atoms with Crippen molar-refractivity contribution in [3.8, 4) is 0 Å². The van der Waals surface area contributed by atoms with Gasteiger partial charge in [-0.2, -0.15) is 0 Å². The van der Waals surface area contributed by atoms with Crippen molar-refractivity contribution in [2.75, 3.05) is 18.0 Å². The van der Waals surface area contributed by atoms with Gasteiger partial charge in [0, 0.05) is 18.5 Å². The number of hydrogen-bond donors (Lipinski definition) is 0. The number of halogens is 1. The fraction of sp³-hybridized carbons (Fsp3) is 0.375. The van der Waals surface area contributed by atoms with Crippen molar-refractivity contribution in [2.45, 2.75) is 26.7 Å². The summed E-state index contributed by atoms with van der Waals surface area (Å²) in [6.07, 6.45) is 2.28. The number of aryl methyl sites for hydroxylation is 2. The van der Waals surface area contributed by atoms with Crippen molar-refractivity contribution in [1.82, 2.24) is 4.98 Å². The van der Waals surface area contributed by atoms with Crippen LogP contribution in [0.5, 0.6) is 0 Å². The summed E-state index contributed by atoms with van der Waals surface area (Å²) >= 11 is 5.77. The molecule has 1 aliphatic heterocycles. The SMILES string of the molecule is Cc1cc(C)c2cc(C(=O)Cl)c(N3CCCC3)nc2c1. The molecule has 1 saturated heterocycles. The maximum Gasteiger partial charge on any atom is 0.256 e. The van der Waals surface area contributed by atoms with E-state index in [1.807, 2.05) is 13.0 Å². The van der Waals surface area contributed by atoms with Crippen LogP contribution in [0.15, 0.2) is 18.2 Å². The van der Waals surface area contributed by atoms with Gasteiger partial charge >= 0.3 is 0 Å². The van der Waals surface area contributed by atoms with E-state index in [0.29, 0.717) is 5.56 Å². The predicted molar refractivity (Wildman–Crippen MR) is 82.8 cm³/mol. The summed E-state index contributed by atoms with van der Waals surface area (Å²) in [6.45, 7) is 5.99. The molecule has 0 unspecified atom stereocenters. The second-order valence-corrected chi connectivity index (χ2v) is 5.82. The molecule has 1 fully saturated rings. The van der Waals surface area contributed by atoms with Crippen LogP contribution in [0.1, 0.15) is 34.3 Å². The molecule has 1 aliphatic rings. The van der Waals surface area contributed by atoms with E-state index in [0.717, 1.165) is 48.2 Å². The van der Waals surface area contributed by atoms with Gasteiger partial charge in [0.2, 0.25) is 0 Å². The van der Waals surface area contributed by atoms with Gasteiger partial charge in [-0.1, -0.05) is 6.07 Å². The Bertz CT molecular complexity index is 690. The molecule has 104 valence electrons. The standard InChI is InChI=1S/C16H17ClN2O/c1-10-7-11(2)12-9-13(15(17)20)16(18-14(12)8-10)19-5-3-4-6-19/h7-9H,3-6H2,1-2H3. The zero-order valence-corrected chi connectivity index (χ0v) is 12.5. The van der Waals surface area contributed by atoms with Crippen LogP contribution in [0.4, 0.5) is 5.82 Å². The summed E-state index contributed by atoms with van der Waals surface area (Å²) in [5, 5.41) is 0.573. The van der Waals surface area contributed by atoms with E-state index in [2.05, 4.69) is 24.0 Å². The molecule has 0 N–H and O–H groups in total. The van der Waals surface area contributed by atoms with Gasteiger partial charge in [0.05, 0.1) is 11.1 Å². The Kier molecular flexibility index (Phi) is 3.38. The fourth-order valence-corrected chi connectivity index (χ4v) is 3.07. The first-order chi connectivity index (χ1) is 9.56. The molecule has 1 aromatic carbocycles. The number of nitrogens with zero attached hydrogens (tertiary/aromatic N) is 2. The van der Waals surface area contributed by atoms with Crippen molar-refractivity contribution in [3.05, 3.63) is 34.9 Å². The second-order valence-electron chi connectivity index (χ2n) is 5.48. The quantitative estimate of drug-likeness (QED) is 0.788. The number of carbonyl (C=O) groups is 1. The fourth-order valence-electron chi connectivity index (χ4n) is 2.93. The third-order valence-corrected chi connectivity index (χ3v) is 4.09. The summed E-state index contributed by atoms with van der Waals surface area (Å²) in [5.41, 5.74) is 3.76. The first kappa shape index (κ1) is 13.4. The van der Waals surface area contributed by atoms with Crippen LogP contribution >= 0.6 is 11.6 Å². The van der Waals surface area contributed by atoms with Gasteiger partial charge in [-0.15, -0.1) is 0 Å². The molecular formula is C16H17ClN2O. The van der Waals surface area contributed by atoms with Crippen LogP contribution in [-0.2, 0) is 0 Å². The number of aromatic nitrogens is 1. The minimum Gasteiger partial charge on any atom is -0.356 e. The summed E-state index contributed by atoms with van der Waals surface area (Å²) in [7, 11) is 0. The number of rotatable bonds is 2. The molecule has 0 saturated carbocycles. The average Bonchev–Trinajstić information content (AvgIpc) is 2.90. The van der Waals surface area contributed by atoms with E-state index >= 15 is 0 Å². The van der Waals surface area contributed by atoms with E-state index < -0.39 is 5.24 Å². The van der Waals surface area contributed by atoms with Gasteiger partial charge in [-0.25, -0.2) is 4.98 Å². The summed E-state index contributed by atoms with van der Waals surface area (Å²) in [6, 6.07) is 6.05. The van der Waals surface area contributed by atoms with Gasteiger partial charge < -0.3 is 4.90 Å². The molecule has 3 rings (SSSR count). The largest absolute Gasteiger partial charge is 0.356 e. The summed E-state index contributed by atoms with van der Waals surface area (Å²) in [5.74, 6) is 0.736. The van der Waals surface area contributed by atoms with Crippen LogP contribution < -0.4 is 4.90 Å². The zero-order chi connectivity index (χ0) is 14.3. The Morgan fingerprint density at radius 1 is 1.20 bits per heavy atom. The molecule has 4 heteroatoms. The third kappa shape index (κ3) is 2.27. The Hall–Kier alpha value is -1.61. The van der Waals surface area contributed by atoms with Crippen molar-refractivity contribution in [3.63, 3.8) is 0 Å². The maximum atomic E-state index is 11.7. The van der Waals surface area contributed by atoms with Crippen LogP contribution in [0.3, 0.4) is 0 Å². The Labute approximate surface area is 123 Å².